The number of rotatable bonds is 14. The van der Waals surface area contributed by atoms with Crippen LogP contribution in [0.5, 0.6) is 11.5 Å². The molecule has 0 unspecified atom stereocenters. The molecule has 2 aromatic rings. The van der Waals surface area contributed by atoms with Crippen LogP contribution in [0.3, 0.4) is 0 Å². The smallest absolute Gasteiger partial charge is 0.326 e. The number of carboxylic acid groups (broad SMARTS) is 1. The minimum atomic E-state index is -1.20. The molecule has 0 fully saturated rings. The Balaban J connectivity index is 1.68. The van der Waals surface area contributed by atoms with Gasteiger partial charge in [-0.2, -0.15) is 0 Å². The number of nitrogens with zero attached hydrogens (tertiary/aromatic N) is 2. The van der Waals surface area contributed by atoms with Crippen molar-refractivity contribution in [1.82, 2.24) is 15.7 Å². The Morgan fingerprint density at radius 2 is 1.63 bits per heavy atom. The second-order valence-corrected chi connectivity index (χ2v) is 11.5. The molecule has 0 aliphatic carbocycles. The number of benzene rings is 2. The van der Waals surface area contributed by atoms with Gasteiger partial charge in [0.05, 0.1) is 5.56 Å². The SMILES string of the molecule is CC1(C)N(O)C(c2ccc(OCC(=O)N[C@@H](Cc3ccc(O)cc3)C(=O)N[C@@H](CCCCN)C(=O)O)cc2)=[N+]([O-])C1(C)C. The average Bonchev–Trinajstić information content (AvgIpc) is 3.08. The van der Waals surface area contributed by atoms with Crippen LogP contribution in [0.25, 0.3) is 0 Å². The molecule has 0 aromatic heterocycles. The molecule has 0 saturated carbocycles. The molecule has 0 saturated heterocycles. The number of hydrogen-bond acceptors (Lipinski definition) is 9. The van der Waals surface area contributed by atoms with Gasteiger partial charge in [0.2, 0.25) is 5.91 Å². The molecule has 2 aromatic carbocycles. The Labute approximate surface area is 250 Å². The molecule has 0 spiro atoms. The van der Waals surface area contributed by atoms with Gasteiger partial charge in [0, 0.05) is 6.42 Å². The van der Waals surface area contributed by atoms with Crippen LogP contribution in [0.15, 0.2) is 48.5 Å². The molecule has 1 heterocycles. The molecule has 0 bridgehead atoms. The molecule has 43 heavy (non-hydrogen) atoms. The Bertz CT molecular complexity index is 1330. The minimum absolute atomic E-state index is 0.0347. The summed E-state index contributed by atoms with van der Waals surface area (Å²) >= 11 is 0. The first-order valence-corrected chi connectivity index (χ1v) is 14.1. The van der Waals surface area contributed by atoms with Gasteiger partial charge in [-0.3, -0.25) is 14.3 Å². The summed E-state index contributed by atoms with van der Waals surface area (Å²) in [7, 11) is 0. The molecule has 3 rings (SSSR count). The van der Waals surface area contributed by atoms with E-state index in [0.717, 1.165) is 9.80 Å². The highest BCUT2D eigenvalue weighted by atomic mass is 16.5. The highest BCUT2D eigenvalue weighted by Crippen LogP contribution is 2.37. The van der Waals surface area contributed by atoms with Crippen LogP contribution in [0.1, 0.15) is 58.1 Å². The molecule has 1 aliphatic rings. The predicted molar refractivity (Wildman–Crippen MR) is 158 cm³/mol. The fourth-order valence-corrected chi connectivity index (χ4v) is 4.55. The highest BCUT2D eigenvalue weighted by Gasteiger charge is 2.58. The van der Waals surface area contributed by atoms with Crippen molar-refractivity contribution in [2.75, 3.05) is 13.2 Å². The standard InChI is InChI=1S/C30H41N5O8/c1-29(2)30(3,4)35(42)27(34(29)41)20-10-14-22(15-11-20)43-18-25(37)32-24(17-19-8-12-21(36)13-9-19)26(38)33-23(28(39)40)7-5-6-16-31/h8-15,23-24,36,41H,5-7,16-18,31H2,1-4H3,(H,32,37)(H,33,38)(H,39,40)/t23-,24-/m0/s1. The lowest BCUT2D eigenvalue weighted by Gasteiger charge is -2.33. The van der Waals surface area contributed by atoms with E-state index in [1.807, 2.05) is 0 Å². The maximum atomic E-state index is 13.1. The number of aliphatic carboxylic acids is 1. The van der Waals surface area contributed by atoms with Gasteiger partial charge in [-0.1, -0.05) is 12.1 Å². The van der Waals surface area contributed by atoms with E-state index in [1.165, 1.54) is 12.1 Å². The number of ether oxygens (including phenoxy) is 1. The third-order valence-corrected chi connectivity index (χ3v) is 8.00. The average molecular weight is 600 g/mol. The van der Waals surface area contributed by atoms with E-state index < -0.39 is 47.6 Å². The van der Waals surface area contributed by atoms with Crippen molar-refractivity contribution >= 4 is 23.6 Å². The third kappa shape index (κ3) is 7.73. The van der Waals surface area contributed by atoms with Gasteiger partial charge in [-0.05, 0) is 95.5 Å². The van der Waals surface area contributed by atoms with Crippen molar-refractivity contribution in [1.29, 1.82) is 0 Å². The van der Waals surface area contributed by atoms with Crippen LogP contribution in [0.4, 0.5) is 0 Å². The van der Waals surface area contributed by atoms with E-state index in [0.29, 0.717) is 36.3 Å². The second-order valence-electron chi connectivity index (χ2n) is 11.5. The van der Waals surface area contributed by atoms with Gasteiger partial charge in [0.15, 0.2) is 12.1 Å². The summed E-state index contributed by atoms with van der Waals surface area (Å²) in [5, 5.41) is 48.8. The topological polar surface area (TPSA) is 201 Å². The number of aromatic hydroxyl groups is 1. The first-order valence-electron chi connectivity index (χ1n) is 14.1. The Kier molecular flexibility index (Phi) is 10.6. The molecule has 234 valence electrons. The van der Waals surface area contributed by atoms with Crippen molar-refractivity contribution in [3.05, 3.63) is 64.9 Å². The zero-order chi connectivity index (χ0) is 31.9. The fraction of sp³-hybridized carbons (Fsp3) is 0.467. The lowest BCUT2D eigenvalue weighted by Crippen LogP contribution is -2.53. The number of carbonyl (C=O) groups excluding carboxylic acids is 2. The van der Waals surface area contributed by atoms with Gasteiger partial charge in [-0.15, -0.1) is 5.06 Å². The molecule has 2 atom stereocenters. The van der Waals surface area contributed by atoms with E-state index >= 15 is 0 Å². The van der Waals surface area contributed by atoms with Crippen LogP contribution in [0.2, 0.25) is 0 Å². The molecule has 0 radical (unpaired) electrons. The third-order valence-electron chi connectivity index (χ3n) is 8.00. The van der Waals surface area contributed by atoms with Gasteiger partial charge in [-0.25, -0.2) is 10.0 Å². The number of carboxylic acids is 1. The van der Waals surface area contributed by atoms with Crippen molar-refractivity contribution in [3.8, 4) is 11.5 Å². The van der Waals surface area contributed by atoms with E-state index in [1.54, 1.807) is 64.1 Å². The Hall–Kier alpha value is -4.36. The predicted octanol–water partition coefficient (Wildman–Crippen LogP) is 1.72. The van der Waals surface area contributed by atoms with Crippen LogP contribution in [-0.4, -0.2) is 85.2 Å². The van der Waals surface area contributed by atoms with Crippen molar-refractivity contribution < 1.29 is 39.3 Å². The van der Waals surface area contributed by atoms with Gasteiger partial charge in [0.1, 0.15) is 29.1 Å². The number of hydroxylamine groups is 3. The van der Waals surface area contributed by atoms with Gasteiger partial charge >= 0.3 is 11.8 Å². The summed E-state index contributed by atoms with van der Waals surface area (Å²) in [4.78, 5) is 37.7. The van der Waals surface area contributed by atoms with E-state index in [2.05, 4.69) is 10.6 Å². The quantitative estimate of drug-likeness (QED) is 0.105. The molecular weight excluding hydrogens is 558 g/mol. The largest absolute Gasteiger partial charge is 0.714 e. The number of carbonyl (C=O) groups is 3. The molecule has 1 aliphatic heterocycles. The summed E-state index contributed by atoms with van der Waals surface area (Å²) < 4.78 is 6.36. The number of hydrogen-bond donors (Lipinski definition) is 6. The number of unbranched alkanes of at least 4 members (excludes halogenated alkanes) is 1. The van der Waals surface area contributed by atoms with Crippen LogP contribution in [0, 0.1) is 5.21 Å². The zero-order valence-corrected chi connectivity index (χ0v) is 24.9. The fourth-order valence-electron chi connectivity index (χ4n) is 4.55. The van der Waals surface area contributed by atoms with Crippen LogP contribution in [-0.2, 0) is 20.8 Å². The summed E-state index contributed by atoms with van der Waals surface area (Å²) in [6, 6.07) is 10.1. The second kappa shape index (κ2) is 13.7. The molecular formula is C30H41N5O8. The van der Waals surface area contributed by atoms with Gasteiger partial charge in [0.25, 0.3) is 5.91 Å². The first kappa shape index (κ1) is 33.1. The minimum Gasteiger partial charge on any atom is -0.714 e. The summed E-state index contributed by atoms with van der Waals surface area (Å²) in [5.41, 5.74) is 4.82. The Morgan fingerprint density at radius 1 is 1.00 bits per heavy atom. The first-order chi connectivity index (χ1) is 20.2. The van der Waals surface area contributed by atoms with Crippen molar-refractivity contribution in [2.24, 2.45) is 5.73 Å². The number of phenolic OH excluding ortho intramolecular Hbond substituents is 1. The van der Waals surface area contributed by atoms with Gasteiger partial charge < -0.3 is 36.5 Å². The maximum absolute atomic E-state index is 13.1. The number of amidine groups is 1. The molecule has 2 amide bonds. The van der Waals surface area contributed by atoms with Crippen molar-refractivity contribution in [2.45, 2.75) is 76.5 Å². The zero-order valence-electron chi connectivity index (χ0n) is 24.9. The lowest BCUT2D eigenvalue weighted by molar-refractivity contribution is -0.539. The Morgan fingerprint density at radius 3 is 2.16 bits per heavy atom. The summed E-state index contributed by atoms with van der Waals surface area (Å²) in [5.74, 6) is -2.07. The molecule has 13 nitrogen and oxygen atoms in total. The van der Waals surface area contributed by atoms with Crippen molar-refractivity contribution in [3.63, 3.8) is 0 Å². The van der Waals surface area contributed by atoms with Crippen LogP contribution >= 0.6 is 0 Å². The number of nitrogens with one attached hydrogen (secondary N) is 2. The number of phenols is 1. The molecule has 13 heteroatoms. The summed E-state index contributed by atoms with van der Waals surface area (Å²) in [6.45, 7) is 6.96. The number of nitrogens with two attached hydrogens (primary N) is 1. The molecule has 7 N–H and O–H groups in total. The number of amides is 2. The van der Waals surface area contributed by atoms with E-state index in [-0.39, 0.29) is 24.4 Å². The monoisotopic (exact) mass is 599 g/mol. The highest BCUT2D eigenvalue weighted by molar-refractivity contribution is 5.96. The maximum Gasteiger partial charge on any atom is 0.326 e. The van der Waals surface area contributed by atoms with E-state index in [9.17, 15) is 35.0 Å². The lowest BCUT2D eigenvalue weighted by atomic mass is 9.84. The summed E-state index contributed by atoms with van der Waals surface area (Å²) in [6.07, 6.45) is 1.33. The normalized spacial score (nSPS) is 16.8. The van der Waals surface area contributed by atoms with E-state index in [4.69, 9.17) is 10.5 Å². The van der Waals surface area contributed by atoms with Crippen LogP contribution < -0.4 is 21.1 Å².